The van der Waals surface area contributed by atoms with Crippen molar-refractivity contribution in [3.63, 3.8) is 0 Å². The third-order valence-electron chi connectivity index (χ3n) is 3.52. The number of rotatable bonds is 5. The number of hydrogen-bond donors (Lipinski definition) is 2. The molecule has 16 heavy (non-hydrogen) atoms. The molecule has 3 heteroatoms. The summed E-state index contributed by atoms with van der Waals surface area (Å²) in [4.78, 5) is 11.7. The molecular weight excluding hydrogens is 200 g/mol. The lowest BCUT2D eigenvalue weighted by molar-refractivity contribution is -0.122. The maximum absolute atomic E-state index is 11.7. The van der Waals surface area contributed by atoms with Crippen molar-refractivity contribution < 1.29 is 4.79 Å². The maximum Gasteiger partial charge on any atom is 0.220 e. The van der Waals surface area contributed by atoms with Gasteiger partial charge in [0.15, 0.2) is 0 Å². The summed E-state index contributed by atoms with van der Waals surface area (Å²) in [6.07, 6.45) is 7.11. The number of nitrogens with one attached hydrogen (secondary N) is 1. The van der Waals surface area contributed by atoms with Crippen LogP contribution >= 0.6 is 0 Å². The van der Waals surface area contributed by atoms with Gasteiger partial charge in [0.2, 0.25) is 5.91 Å². The fraction of sp³-hybridized carbons (Fsp3) is 0.923. The topological polar surface area (TPSA) is 55.1 Å². The maximum atomic E-state index is 11.7. The van der Waals surface area contributed by atoms with Crippen LogP contribution in [0, 0.1) is 11.3 Å². The van der Waals surface area contributed by atoms with E-state index in [0.717, 1.165) is 0 Å². The van der Waals surface area contributed by atoms with Crippen LogP contribution in [0.3, 0.4) is 0 Å². The summed E-state index contributed by atoms with van der Waals surface area (Å²) >= 11 is 0. The number of carbonyl (C=O) groups is 1. The Morgan fingerprint density at radius 1 is 1.31 bits per heavy atom. The molecule has 1 fully saturated rings. The highest BCUT2D eigenvalue weighted by Crippen LogP contribution is 2.26. The van der Waals surface area contributed by atoms with Crippen LogP contribution in [-0.4, -0.2) is 19.0 Å². The van der Waals surface area contributed by atoms with Crippen molar-refractivity contribution in [3.8, 4) is 0 Å². The van der Waals surface area contributed by atoms with E-state index in [1.54, 1.807) is 0 Å². The van der Waals surface area contributed by atoms with Crippen LogP contribution < -0.4 is 11.1 Å². The van der Waals surface area contributed by atoms with Gasteiger partial charge in [0.1, 0.15) is 0 Å². The summed E-state index contributed by atoms with van der Waals surface area (Å²) in [6, 6.07) is 0. The van der Waals surface area contributed by atoms with Crippen LogP contribution in [0.5, 0.6) is 0 Å². The van der Waals surface area contributed by atoms with Gasteiger partial charge in [-0.15, -0.1) is 0 Å². The minimum absolute atomic E-state index is 0.0161. The van der Waals surface area contributed by atoms with Crippen molar-refractivity contribution in [1.29, 1.82) is 0 Å². The van der Waals surface area contributed by atoms with Crippen LogP contribution in [0.15, 0.2) is 0 Å². The van der Waals surface area contributed by atoms with Gasteiger partial charge in [0, 0.05) is 13.0 Å². The van der Waals surface area contributed by atoms with Crippen molar-refractivity contribution in [1.82, 2.24) is 5.32 Å². The Kier molecular flexibility index (Phi) is 5.26. The molecule has 0 bridgehead atoms. The molecule has 1 aliphatic rings. The molecule has 0 unspecified atom stereocenters. The smallest absolute Gasteiger partial charge is 0.220 e. The van der Waals surface area contributed by atoms with Gasteiger partial charge in [-0.3, -0.25) is 4.79 Å². The molecule has 0 aromatic rings. The molecule has 0 spiro atoms. The summed E-state index contributed by atoms with van der Waals surface area (Å²) in [5.74, 6) is 0.822. The summed E-state index contributed by atoms with van der Waals surface area (Å²) in [7, 11) is 0. The van der Waals surface area contributed by atoms with Crippen LogP contribution in [0.2, 0.25) is 0 Å². The van der Waals surface area contributed by atoms with Gasteiger partial charge in [-0.1, -0.05) is 33.1 Å². The number of amides is 1. The number of hydrogen-bond acceptors (Lipinski definition) is 2. The van der Waals surface area contributed by atoms with Crippen molar-refractivity contribution in [2.75, 3.05) is 13.1 Å². The monoisotopic (exact) mass is 226 g/mol. The zero-order valence-electron chi connectivity index (χ0n) is 10.7. The quantitative estimate of drug-likeness (QED) is 0.754. The number of nitrogens with two attached hydrogens (primary N) is 1. The van der Waals surface area contributed by atoms with E-state index < -0.39 is 0 Å². The Balaban J connectivity index is 2.19. The van der Waals surface area contributed by atoms with E-state index in [2.05, 4.69) is 19.2 Å². The van der Waals surface area contributed by atoms with Crippen LogP contribution in [0.25, 0.3) is 0 Å². The summed E-state index contributed by atoms with van der Waals surface area (Å²) in [5.41, 5.74) is 5.64. The van der Waals surface area contributed by atoms with E-state index >= 15 is 0 Å². The van der Waals surface area contributed by atoms with Crippen molar-refractivity contribution in [2.45, 2.75) is 52.4 Å². The van der Waals surface area contributed by atoms with Gasteiger partial charge < -0.3 is 11.1 Å². The van der Waals surface area contributed by atoms with E-state index in [1.165, 1.54) is 32.1 Å². The first-order valence-corrected chi connectivity index (χ1v) is 6.50. The van der Waals surface area contributed by atoms with Gasteiger partial charge >= 0.3 is 0 Å². The van der Waals surface area contributed by atoms with Gasteiger partial charge in [0.05, 0.1) is 0 Å². The Morgan fingerprint density at radius 3 is 2.50 bits per heavy atom. The Morgan fingerprint density at radius 2 is 1.94 bits per heavy atom. The van der Waals surface area contributed by atoms with Crippen LogP contribution in [0.4, 0.5) is 0 Å². The van der Waals surface area contributed by atoms with Crippen molar-refractivity contribution in [2.24, 2.45) is 17.1 Å². The molecule has 1 aliphatic carbocycles. The minimum Gasteiger partial charge on any atom is -0.356 e. The lowest BCUT2D eigenvalue weighted by Crippen LogP contribution is -2.39. The van der Waals surface area contributed by atoms with Gasteiger partial charge in [-0.25, -0.2) is 0 Å². The summed E-state index contributed by atoms with van der Waals surface area (Å²) in [5, 5.41) is 3.00. The largest absolute Gasteiger partial charge is 0.356 e. The van der Waals surface area contributed by atoms with Crippen LogP contribution in [-0.2, 0) is 4.79 Å². The molecule has 1 amide bonds. The van der Waals surface area contributed by atoms with Crippen LogP contribution in [0.1, 0.15) is 52.4 Å². The number of carbonyl (C=O) groups excluding carboxylic acids is 1. The SMILES string of the molecule is CC(C)(CN)CNC(=O)CC1CCCCC1. The highest BCUT2D eigenvalue weighted by Gasteiger charge is 2.19. The molecule has 0 aromatic carbocycles. The van der Waals surface area contributed by atoms with Gasteiger partial charge in [-0.2, -0.15) is 0 Å². The molecule has 0 aromatic heterocycles. The predicted octanol–water partition coefficient (Wildman–Crippen LogP) is 2.06. The third-order valence-corrected chi connectivity index (χ3v) is 3.52. The predicted molar refractivity (Wildman–Crippen MR) is 67.0 cm³/mol. The Hall–Kier alpha value is -0.570. The highest BCUT2D eigenvalue weighted by molar-refractivity contribution is 5.76. The Bertz CT molecular complexity index is 220. The second-order valence-corrected chi connectivity index (χ2v) is 5.85. The summed E-state index contributed by atoms with van der Waals surface area (Å²) in [6.45, 7) is 5.45. The molecule has 0 aliphatic heterocycles. The zero-order chi connectivity index (χ0) is 12.0. The zero-order valence-corrected chi connectivity index (χ0v) is 10.7. The first kappa shape index (κ1) is 13.5. The van der Waals surface area contributed by atoms with Gasteiger partial charge in [0.25, 0.3) is 0 Å². The third kappa shape index (κ3) is 4.97. The highest BCUT2D eigenvalue weighted by atomic mass is 16.1. The van der Waals surface area contributed by atoms with E-state index in [9.17, 15) is 4.79 Å². The first-order chi connectivity index (χ1) is 7.53. The normalized spacial score (nSPS) is 18.4. The molecule has 0 heterocycles. The average molecular weight is 226 g/mol. The van der Waals surface area contributed by atoms with Gasteiger partial charge in [-0.05, 0) is 30.7 Å². The minimum atomic E-state index is 0.0161. The molecule has 1 rings (SSSR count). The first-order valence-electron chi connectivity index (χ1n) is 6.50. The fourth-order valence-electron chi connectivity index (χ4n) is 2.14. The Labute approximate surface area is 99.2 Å². The standard InChI is InChI=1S/C13H26N2O/c1-13(2,9-14)10-15-12(16)8-11-6-4-3-5-7-11/h11H,3-10,14H2,1-2H3,(H,15,16). The van der Waals surface area contributed by atoms with E-state index in [4.69, 9.17) is 5.73 Å². The fourth-order valence-corrected chi connectivity index (χ4v) is 2.14. The molecule has 0 atom stereocenters. The molecule has 0 radical (unpaired) electrons. The molecule has 1 saturated carbocycles. The van der Waals surface area contributed by atoms with E-state index in [1.807, 2.05) is 0 Å². The molecule has 3 nitrogen and oxygen atoms in total. The van der Waals surface area contributed by atoms with E-state index in [0.29, 0.717) is 25.4 Å². The van der Waals surface area contributed by atoms with E-state index in [-0.39, 0.29) is 11.3 Å². The van der Waals surface area contributed by atoms with Crippen molar-refractivity contribution >= 4 is 5.91 Å². The lowest BCUT2D eigenvalue weighted by atomic mass is 9.86. The van der Waals surface area contributed by atoms with Crippen molar-refractivity contribution in [3.05, 3.63) is 0 Å². The average Bonchev–Trinajstić information content (AvgIpc) is 2.28. The second kappa shape index (κ2) is 6.24. The second-order valence-electron chi connectivity index (χ2n) is 5.85. The molecule has 94 valence electrons. The molecular formula is C13H26N2O. The summed E-state index contributed by atoms with van der Waals surface area (Å²) < 4.78 is 0. The molecule has 3 N–H and O–H groups in total. The lowest BCUT2D eigenvalue weighted by Gasteiger charge is -2.24. The molecule has 0 saturated heterocycles.